The molecule has 0 atom stereocenters. The van der Waals surface area contributed by atoms with Crippen LogP contribution >= 0.6 is 0 Å². The van der Waals surface area contributed by atoms with Crippen molar-refractivity contribution in [2.45, 2.75) is 63.7 Å². The second kappa shape index (κ2) is 7.94. The summed E-state index contributed by atoms with van der Waals surface area (Å²) in [6.07, 6.45) is 13.8. The molecular formula is C26H35NO3. The van der Waals surface area contributed by atoms with Gasteiger partial charge in [-0.25, -0.2) is 4.79 Å². The molecule has 0 unspecified atom stereocenters. The number of anilines is 1. The van der Waals surface area contributed by atoms with Crippen molar-refractivity contribution >= 4 is 11.7 Å². The zero-order chi connectivity index (χ0) is 20.7. The molecule has 4 aliphatic carbocycles. The number of allylic oxidation sites excluding steroid dienone is 1. The second-order valence-electron chi connectivity index (χ2n) is 10.3. The minimum Gasteiger partial charge on any atom is -0.508 e. The number of phenols is 1. The van der Waals surface area contributed by atoms with Crippen LogP contribution in [-0.2, 0) is 14.9 Å². The maximum atomic E-state index is 11.6. The molecule has 5 fully saturated rings. The Morgan fingerprint density at radius 1 is 1.13 bits per heavy atom. The SMILES string of the molecule is CCOC(=O)/C=C/C1CCN(c2ccc(O)c(C34CC5CC(CC(C5)C3)C4)c2)CC1. The molecule has 1 N–H and O–H groups in total. The maximum Gasteiger partial charge on any atom is 0.330 e. The van der Waals surface area contributed by atoms with E-state index in [1.54, 1.807) is 6.08 Å². The number of phenolic OH excluding ortho intramolecular Hbond substituents is 1. The lowest BCUT2D eigenvalue weighted by molar-refractivity contribution is -0.137. The van der Waals surface area contributed by atoms with Gasteiger partial charge in [-0.05, 0) is 106 Å². The number of ether oxygens (including phenoxy) is 1. The molecule has 4 nitrogen and oxygen atoms in total. The summed E-state index contributed by atoms with van der Waals surface area (Å²) in [7, 11) is 0. The van der Waals surface area contributed by atoms with Crippen LogP contribution < -0.4 is 4.90 Å². The Bertz CT molecular complexity index is 786. The number of piperidine rings is 1. The Hall–Kier alpha value is -1.97. The molecule has 1 aromatic carbocycles. The first-order valence-corrected chi connectivity index (χ1v) is 12.0. The highest BCUT2D eigenvalue weighted by molar-refractivity contribution is 5.81. The molecule has 4 bridgehead atoms. The van der Waals surface area contributed by atoms with Gasteiger partial charge in [0.15, 0.2) is 0 Å². The highest BCUT2D eigenvalue weighted by Gasteiger charge is 2.52. The van der Waals surface area contributed by atoms with Gasteiger partial charge in [0.05, 0.1) is 6.61 Å². The van der Waals surface area contributed by atoms with Gasteiger partial charge in [-0.3, -0.25) is 0 Å². The highest BCUT2D eigenvalue weighted by atomic mass is 16.5. The number of benzene rings is 1. The van der Waals surface area contributed by atoms with E-state index in [-0.39, 0.29) is 11.4 Å². The van der Waals surface area contributed by atoms with Gasteiger partial charge < -0.3 is 14.7 Å². The Kier molecular flexibility index (Phi) is 5.28. The highest BCUT2D eigenvalue weighted by Crippen LogP contribution is 2.62. The number of esters is 1. The van der Waals surface area contributed by atoms with E-state index in [1.165, 1.54) is 49.8 Å². The number of rotatable bonds is 5. The Morgan fingerprint density at radius 3 is 2.37 bits per heavy atom. The topological polar surface area (TPSA) is 49.8 Å². The number of carbonyl (C=O) groups excluding carboxylic acids is 1. The summed E-state index contributed by atoms with van der Waals surface area (Å²) in [6, 6.07) is 6.35. The lowest BCUT2D eigenvalue weighted by atomic mass is 9.48. The molecule has 0 amide bonds. The molecule has 0 radical (unpaired) electrons. The van der Waals surface area contributed by atoms with Gasteiger partial charge in [0.25, 0.3) is 0 Å². The zero-order valence-electron chi connectivity index (χ0n) is 18.2. The molecule has 1 aromatic rings. The fourth-order valence-electron chi connectivity index (χ4n) is 7.34. The van der Waals surface area contributed by atoms with Crippen molar-refractivity contribution in [1.29, 1.82) is 0 Å². The number of carbonyl (C=O) groups is 1. The molecule has 1 saturated heterocycles. The van der Waals surface area contributed by atoms with E-state index in [2.05, 4.69) is 17.0 Å². The summed E-state index contributed by atoms with van der Waals surface area (Å²) < 4.78 is 4.99. The summed E-state index contributed by atoms with van der Waals surface area (Å²) in [6.45, 7) is 4.24. The van der Waals surface area contributed by atoms with Gasteiger partial charge in [-0.2, -0.15) is 0 Å². The average Bonchev–Trinajstić information content (AvgIpc) is 2.72. The van der Waals surface area contributed by atoms with Crippen LogP contribution in [0.25, 0.3) is 0 Å². The fraction of sp³-hybridized carbons (Fsp3) is 0.654. The molecule has 1 aliphatic heterocycles. The number of hydrogen-bond donors (Lipinski definition) is 1. The Morgan fingerprint density at radius 2 is 1.77 bits per heavy atom. The molecule has 4 heteroatoms. The van der Waals surface area contributed by atoms with Crippen LogP contribution in [0.5, 0.6) is 5.75 Å². The minimum absolute atomic E-state index is 0.218. The first-order chi connectivity index (χ1) is 14.5. The molecule has 5 aliphatic rings. The second-order valence-corrected chi connectivity index (χ2v) is 10.3. The van der Waals surface area contributed by atoms with Crippen molar-refractivity contribution in [3.63, 3.8) is 0 Å². The van der Waals surface area contributed by atoms with Crippen molar-refractivity contribution in [1.82, 2.24) is 0 Å². The van der Waals surface area contributed by atoms with Gasteiger partial charge in [-0.1, -0.05) is 6.08 Å². The first kappa shape index (κ1) is 20.0. The van der Waals surface area contributed by atoms with Crippen LogP contribution in [0.3, 0.4) is 0 Å². The van der Waals surface area contributed by atoms with E-state index in [0.29, 0.717) is 18.3 Å². The zero-order valence-corrected chi connectivity index (χ0v) is 18.2. The van der Waals surface area contributed by atoms with E-state index in [4.69, 9.17) is 4.74 Å². The van der Waals surface area contributed by atoms with Crippen molar-refractivity contribution in [3.8, 4) is 5.75 Å². The smallest absolute Gasteiger partial charge is 0.330 e. The number of hydrogen-bond acceptors (Lipinski definition) is 4. The molecule has 0 spiro atoms. The third kappa shape index (κ3) is 3.74. The van der Waals surface area contributed by atoms with Crippen molar-refractivity contribution in [2.75, 3.05) is 24.6 Å². The molecule has 30 heavy (non-hydrogen) atoms. The summed E-state index contributed by atoms with van der Waals surface area (Å²) >= 11 is 0. The molecule has 0 aromatic heterocycles. The lowest BCUT2D eigenvalue weighted by Gasteiger charge is -2.57. The van der Waals surface area contributed by atoms with Gasteiger partial charge in [0.2, 0.25) is 0 Å². The van der Waals surface area contributed by atoms with Gasteiger partial charge >= 0.3 is 5.97 Å². The summed E-state index contributed by atoms with van der Waals surface area (Å²) in [5, 5.41) is 10.8. The Balaban J connectivity index is 1.29. The summed E-state index contributed by atoms with van der Waals surface area (Å²) in [5.41, 5.74) is 2.70. The van der Waals surface area contributed by atoms with Crippen molar-refractivity contribution in [2.24, 2.45) is 23.7 Å². The van der Waals surface area contributed by atoms with Crippen LogP contribution in [0.2, 0.25) is 0 Å². The third-order valence-electron chi connectivity index (χ3n) is 8.29. The van der Waals surface area contributed by atoms with E-state index in [9.17, 15) is 9.90 Å². The molecule has 4 saturated carbocycles. The Labute approximate surface area is 180 Å². The molecule has 162 valence electrons. The van der Waals surface area contributed by atoms with Crippen LogP contribution in [0.1, 0.15) is 63.9 Å². The first-order valence-electron chi connectivity index (χ1n) is 12.0. The van der Waals surface area contributed by atoms with Gasteiger partial charge in [-0.15, -0.1) is 0 Å². The van der Waals surface area contributed by atoms with Gasteiger partial charge in [0.1, 0.15) is 5.75 Å². The van der Waals surface area contributed by atoms with Crippen LogP contribution in [0, 0.1) is 23.7 Å². The average molecular weight is 410 g/mol. The fourth-order valence-corrected chi connectivity index (χ4v) is 7.34. The molecule has 1 heterocycles. The van der Waals surface area contributed by atoms with E-state index in [1.807, 2.05) is 19.1 Å². The van der Waals surface area contributed by atoms with Crippen LogP contribution in [0.4, 0.5) is 5.69 Å². The third-order valence-corrected chi connectivity index (χ3v) is 8.29. The minimum atomic E-state index is -0.237. The standard InChI is InChI=1S/C26H35NO3/c1-2-30-25(29)6-3-18-7-9-27(10-8-18)22-4-5-24(28)23(14-22)26-15-19-11-20(16-26)13-21(12-19)17-26/h3-6,14,18-21,28H,2,7-13,15-17H2,1H3/b6-3+. The van der Waals surface area contributed by atoms with Crippen LogP contribution in [0.15, 0.2) is 30.4 Å². The van der Waals surface area contributed by atoms with E-state index < -0.39 is 0 Å². The maximum absolute atomic E-state index is 11.6. The quantitative estimate of drug-likeness (QED) is 0.537. The number of nitrogens with zero attached hydrogens (tertiary/aromatic N) is 1. The summed E-state index contributed by atoms with van der Waals surface area (Å²) in [4.78, 5) is 14.0. The summed E-state index contributed by atoms with van der Waals surface area (Å²) in [5.74, 6) is 3.33. The predicted octanol–water partition coefficient (Wildman–Crippen LogP) is 5.20. The lowest BCUT2D eigenvalue weighted by Crippen LogP contribution is -2.48. The monoisotopic (exact) mass is 409 g/mol. The normalized spacial score (nSPS) is 33.4. The number of aromatic hydroxyl groups is 1. The van der Waals surface area contributed by atoms with E-state index in [0.717, 1.165) is 43.7 Å². The predicted molar refractivity (Wildman–Crippen MR) is 119 cm³/mol. The van der Waals surface area contributed by atoms with E-state index >= 15 is 0 Å². The van der Waals surface area contributed by atoms with Gasteiger partial charge in [0, 0.05) is 30.4 Å². The van der Waals surface area contributed by atoms with Crippen molar-refractivity contribution in [3.05, 3.63) is 35.9 Å². The molecular weight excluding hydrogens is 374 g/mol. The molecule has 6 rings (SSSR count). The van der Waals surface area contributed by atoms with Crippen molar-refractivity contribution < 1.29 is 14.6 Å². The largest absolute Gasteiger partial charge is 0.508 e. The van der Waals surface area contributed by atoms with Crippen LogP contribution in [-0.4, -0.2) is 30.8 Å².